The van der Waals surface area contributed by atoms with Gasteiger partial charge >= 0.3 is 0 Å². The van der Waals surface area contributed by atoms with Crippen molar-refractivity contribution in [3.63, 3.8) is 0 Å². The fraction of sp³-hybridized carbons (Fsp3) is 0.500. The first kappa shape index (κ1) is 18.5. The minimum Gasteiger partial charge on any atom is -0.394 e. The van der Waals surface area contributed by atoms with Crippen LogP contribution < -0.4 is 0 Å². The average molecular weight is 354 g/mol. The number of aromatic nitrogens is 1. The molecule has 2 atom stereocenters. The van der Waals surface area contributed by atoms with Crippen LogP contribution in [0, 0.1) is 18.8 Å². The molecule has 26 heavy (non-hydrogen) atoms. The van der Waals surface area contributed by atoms with E-state index in [0.29, 0.717) is 23.0 Å². The Kier molecular flexibility index (Phi) is 5.32. The first-order valence-corrected chi connectivity index (χ1v) is 9.09. The van der Waals surface area contributed by atoms with Gasteiger partial charge in [0.25, 0.3) is 5.91 Å². The van der Waals surface area contributed by atoms with Crippen LogP contribution >= 0.6 is 0 Å². The zero-order chi connectivity index (χ0) is 18.8. The van der Waals surface area contributed by atoms with Crippen LogP contribution in [0.5, 0.6) is 0 Å². The van der Waals surface area contributed by atoms with Gasteiger partial charge in [-0.3, -0.25) is 4.79 Å². The number of carbonyl (C=O) groups excluding carboxylic acids is 1. The summed E-state index contributed by atoms with van der Waals surface area (Å²) >= 11 is 0. The third kappa shape index (κ3) is 3.09. The lowest BCUT2D eigenvalue weighted by molar-refractivity contribution is -0.0704. The third-order valence-corrected chi connectivity index (χ3v) is 5.65. The summed E-state index contributed by atoms with van der Waals surface area (Å²) in [7, 11) is 0. The molecule has 0 spiro atoms. The predicted octanol–water partition coefficient (Wildman–Crippen LogP) is 2.60. The zero-order valence-electron chi connectivity index (χ0n) is 15.6. The van der Waals surface area contributed by atoms with Crippen molar-refractivity contribution in [2.24, 2.45) is 21.8 Å². The van der Waals surface area contributed by atoms with Gasteiger partial charge in [0, 0.05) is 17.9 Å². The van der Waals surface area contributed by atoms with Crippen LogP contribution in [0.15, 0.2) is 34.4 Å². The molecule has 1 N–H and O–H groups in total. The van der Waals surface area contributed by atoms with E-state index < -0.39 is 0 Å². The Balaban J connectivity index is 2.04. The van der Waals surface area contributed by atoms with Gasteiger partial charge in [0.15, 0.2) is 5.84 Å². The van der Waals surface area contributed by atoms with E-state index in [1.165, 1.54) is 0 Å². The molecular formula is C20H26N4O2. The van der Waals surface area contributed by atoms with E-state index in [0.717, 1.165) is 18.5 Å². The number of fused-ring (bicyclic) bond motifs is 2. The molecular weight excluding hydrogens is 328 g/mol. The number of hydrogen-bond donors (Lipinski definition) is 1. The Bertz CT molecular complexity index is 765. The number of piperidine rings is 2. The lowest BCUT2D eigenvalue weighted by Crippen LogP contribution is -2.64. The maximum absolute atomic E-state index is 13.4. The minimum absolute atomic E-state index is 0.0275. The van der Waals surface area contributed by atoms with E-state index in [1.54, 1.807) is 12.3 Å². The number of allylic oxidation sites excluding steroid dienone is 1. The summed E-state index contributed by atoms with van der Waals surface area (Å²) in [5.74, 6) is 1.11. The van der Waals surface area contributed by atoms with Crippen molar-refractivity contribution in [2.45, 2.75) is 45.7 Å². The molecule has 4 rings (SSSR count). The molecule has 1 saturated carbocycles. The third-order valence-electron chi connectivity index (χ3n) is 5.65. The van der Waals surface area contributed by atoms with Crippen LogP contribution in [0.4, 0.5) is 0 Å². The largest absolute Gasteiger partial charge is 0.394 e. The quantitative estimate of drug-likeness (QED) is 0.667. The van der Waals surface area contributed by atoms with E-state index in [4.69, 9.17) is 0 Å². The maximum Gasteiger partial charge on any atom is 0.273 e. The molecule has 3 heterocycles. The number of aliphatic hydroxyl groups excluding tert-OH is 1. The van der Waals surface area contributed by atoms with Crippen molar-refractivity contribution in [3.8, 4) is 0 Å². The zero-order valence-corrected chi connectivity index (χ0v) is 15.6. The molecule has 2 aliphatic heterocycles. The van der Waals surface area contributed by atoms with Crippen LogP contribution in [0.1, 0.15) is 48.4 Å². The fourth-order valence-corrected chi connectivity index (χ4v) is 4.06. The van der Waals surface area contributed by atoms with Gasteiger partial charge in [-0.15, -0.1) is 0 Å². The normalized spacial score (nSPS) is 28.2. The van der Waals surface area contributed by atoms with Gasteiger partial charge in [-0.2, -0.15) is 0 Å². The van der Waals surface area contributed by atoms with Crippen LogP contribution in [0.2, 0.25) is 0 Å². The Labute approximate surface area is 154 Å². The van der Waals surface area contributed by atoms with E-state index in [1.807, 2.05) is 30.9 Å². The molecule has 0 aromatic carbocycles. The van der Waals surface area contributed by atoms with E-state index in [-0.39, 0.29) is 30.5 Å². The summed E-state index contributed by atoms with van der Waals surface area (Å²) in [6, 6.07) is 3.67. The highest BCUT2D eigenvalue weighted by atomic mass is 16.3. The highest BCUT2D eigenvalue weighted by molar-refractivity contribution is 6.10. The summed E-state index contributed by atoms with van der Waals surface area (Å²) < 4.78 is 0. The Morgan fingerprint density at radius 1 is 1.46 bits per heavy atom. The van der Waals surface area contributed by atoms with Crippen molar-refractivity contribution < 1.29 is 9.90 Å². The Hall–Kier alpha value is -2.34. The molecule has 2 saturated heterocycles. The number of aryl methyl sites for hydroxylation is 1. The molecule has 0 radical (unpaired) electrons. The number of aliphatic imine (C=N–C) groups is 2. The molecule has 2 bridgehead atoms. The lowest BCUT2D eigenvalue weighted by atomic mass is 9.64. The van der Waals surface area contributed by atoms with E-state index in [9.17, 15) is 9.90 Å². The van der Waals surface area contributed by atoms with E-state index in [2.05, 4.69) is 28.6 Å². The molecule has 1 aliphatic carbocycles. The van der Waals surface area contributed by atoms with Crippen molar-refractivity contribution in [1.82, 2.24) is 9.88 Å². The maximum atomic E-state index is 13.4. The van der Waals surface area contributed by atoms with Crippen LogP contribution in [-0.4, -0.2) is 52.1 Å². The smallest absolute Gasteiger partial charge is 0.273 e. The first-order valence-electron chi connectivity index (χ1n) is 9.09. The molecule has 1 amide bonds. The lowest BCUT2D eigenvalue weighted by Gasteiger charge is -2.56. The van der Waals surface area contributed by atoms with Gasteiger partial charge in [0.05, 0.1) is 18.2 Å². The average Bonchev–Trinajstić information content (AvgIpc) is 2.61. The molecule has 6 heteroatoms. The Morgan fingerprint density at radius 2 is 2.19 bits per heavy atom. The van der Waals surface area contributed by atoms with Crippen LogP contribution in [-0.2, 0) is 0 Å². The second kappa shape index (κ2) is 7.50. The molecule has 3 aliphatic rings. The van der Waals surface area contributed by atoms with Crippen LogP contribution in [0.25, 0.3) is 0 Å². The molecule has 1 aromatic rings. The molecule has 2 unspecified atom stereocenters. The summed E-state index contributed by atoms with van der Waals surface area (Å²) in [6.45, 7) is 9.39. The predicted molar refractivity (Wildman–Crippen MR) is 103 cm³/mol. The first-order chi connectivity index (χ1) is 12.5. The number of pyridine rings is 1. The standard InChI is InChI=1S/C20H26N4O2/c1-5-8-22-19(21-4)16-7-6-12(2)23-18(16)20(26)24-15-9-14(10-15)13(3)17(24)11-25/h5-8,13-15,17,25H,4,9-11H2,1-3H3/b8-5-,22-19-. The number of aliphatic hydroxyl groups is 1. The molecule has 3 fully saturated rings. The number of amides is 1. The van der Waals surface area contributed by atoms with Crippen molar-refractivity contribution in [2.75, 3.05) is 6.61 Å². The molecule has 6 nitrogen and oxygen atoms in total. The second-order valence-corrected chi connectivity index (χ2v) is 7.15. The van der Waals surface area contributed by atoms with Crippen molar-refractivity contribution in [1.29, 1.82) is 0 Å². The molecule has 138 valence electrons. The minimum atomic E-state index is -0.164. The number of carbonyl (C=O) groups is 1. The second-order valence-electron chi connectivity index (χ2n) is 7.15. The summed E-state index contributed by atoms with van der Waals surface area (Å²) in [5.41, 5.74) is 1.65. The van der Waals surface area contributed by atoms with Crippen LogP contribution in [0.3, 0.4) is 0 Å². The SMILES string of the molecule is C=N/C(=N\C=C/C)c1ccc(C)nc1C(=O)N1C2CC(C2)C(C)C1CO. The van der Waals surface area contributed by atoms with Gasteiger partial charge < -0.3 is 10.0 Å². The summed E-state index contributed by atoms with van der Waals surface area (Å²) in [6.07, 6.45) is 5.42. The monoisotopic (exact) mass is 354 g/mol. The highest BCUT2D eigenvalue weighted by Gasteiger charge is 2.50. The van der Waals surface area contributed by atoms with E-state index >= 15 is 0 Å². The fourth-order valence-electron chi connectivity index (χ4n) is 4.06. The number of nitrogens with zero attached hydrogens (tertiary/aromatic N) is 4. The number of rotatable bonds is 4. The van der Waals surface area contributed by atoms with Gasteiger partial charge in [-0.05, 0) is 57.4 Å². The summed E-state index contributed by atoms with van der Waals surface area (Å²) in [5, 5.41) is 9.89. The van der Waals surface area contributed by atoms with Crippen molar-refractivity contribution >= 4 is 18.5 Å². The Morgan fingerprint density at radius 3 is 2.81 bits per heavy atom. The van der Waals surface area contributed by atoms with Crippen molar-refractivity contribution in [3.05, 3.63) is 41.4 Å². The van der Waals surface area contributed by atoms with Gasteiger partial charge in [-0.25, -0.2) is 15.0 Å². The van der Waals surface area contributed by atoms with Gasteiger partial charge in [0.2, 0.25) is 0 Å². The number of hydrogen-bond acceptors (Lipinski definition) is 4. The van der Waals surface area contributed by atoms with Gasteiger partial charge in [0.1, 0.15) is 5.69 Å². The topological polar surface area (TPSA) is 78.2 Å². The molecule has 1 aromatic heterocycles. The highest BCUT2D eigenvalue weighted by Crippen LogP contribution is 2.46. The number of amidine groups is 1. The summed E-state index contributed by atoms with van der Waals surface area (Å²) in [4.78, 5) is 28.0. The van der Waals surface area contributed by atoms with Gasteiger partial charge in [-0.1, -0.05) is 13.0 Å².